The molecule has 0 aliphatic carbocycles. The Hall–Kier alpha value is -1.66. The van der Waals surface area contributed by atoms with Gasteiger partial charge >= 0.3 is 5.97 Å². The summed E-state index contributed by atoms with van der Waals surface area (Å²) >= 11 is 0. The molecule has 3 rings (SSSR count). The minimum absolute atomic E-state index is 0.204. The van der Waals surface area contributed by atoms with Crippen LogP contribution < -0.4 is 5.32 Å². The maximum atomic E-state index is 10.8. The third-order valence-electron chi connectivity index (χ3n) is 5.73. The molecule has 0 bridgehead atoms. The van der Waals surface area contributed by atoms with Crippen molar-refractivity contribution in [2.45, 2.75) is 25.7 Å². The van der Waals surface area contributed by atoms with Crippen molar-refractivity contribution >= 4 is 11.7 Å². The average molecular weight is 346 g/mol. The van der Waals surface area contributed by atoms with Crippen LogP contribution in [-0.4, -0.2) is 71.7 Å². The second kappa shape index (κ2) is 9.15. The average Bonchev–Trinajstić information content (AvgIpc) is 2.63. The largest absolute Gasteiger partial charge is 0.480 e. The molecular weight excluding hydrogens is 316 g/mol. The van der Waals surface area contributed by atoms with Crippen LogP contribution >= 0.6 is 0 Å². The SMILES string of the molecule is O=C(O)CN1CCC(C2CCN(CCNc3ccncc3)CC2)CC1. The summed E-state index contributed by atoms with van der Waals surface area (Å²) in [6, 6.07) is 4.01. The van der Waals surface area contributed by atoms with Gasteiger partial charge in [-0.15, -0.1) is 0 Å². The van der Waals surface area contributed by atoms with E-state index in [1.54, 1.807) is 0 Å². The van der Waals surface area contributed by atoms with Crippen LogP contribution in [0.3, 0.4) is 0 Å². The molecule has 2 N–H and O–H groups in total. The van der Waals surface area contributed by atoms with Gasteiger partial charge in [0.05, 0.1) is 6.54 Å². The van der Waals surface area contributed by atoms with Gasteiger partial charge in [-0.1, -0.05) is 0 Å². The highest BCUT2D eigenvalue weighted by Gasteiger charge is 2.29. The number of likely N-dealkylation sites (tertiary alicyclic amines) is 2. The second-order valence-corrected chi connectivity index (χ2v) is 7.35. The van der Waals surface area contributed by atoms with Crippen LogP contribution in [0.5, 0.6) is 0 Å². The maximum absolute atomic E-state index is 10.8. The van der Waals surface area contributed by atoms with Crippen LogP contribution in [0.25, 0.3) is 0 Å². The van der Waals surface area contributed by atoms with Crippen molar-refractivity contribution in [3.63, 3.8) is 0 Å². The molecule has 25 heavy (non-hydrogen) atoms. The van der Waals surface area contributed by atoms with E-state index in [9.17, 15) is 4.79 Å². The van der Waals surface area contributed by atoms with E-state index in [-0.39, 0.29) is 6.54 Å². The predicted octanol–water partition coefficient (Wildman–Crippen LogP) is 2.00. The molecule has 2 fully saturated rings. The molecule has 2 saturated heterocycles. The Bertz CT molecular complexity index is 523. The lowest BCUT2D eigenvalue weighted by Gasteiger charge is -2.40. The van der Waals surface area contributed by atoms with Crippen molar-refractivity contribution in [1.29, 1.82) is 0 Å². The van der Waals surface area contributed by atoms with Crippen molar-refractivity contribution in [3.8, 4) is 0 Å². The molecule has 1 aromatic heterocycles. The van der Waals surface area contributed by atoms with Crippen molar-refractivity contribution in [2.24, 2.45) is 11.8 Å². The molecule has 138 valence electrons. The topological polar surface area (TPSA) is 68.7 Å². The molecule has 0 atom stereocenters. The number of anilines is 1. The van der Waals surface area contributed by atoms with Gasteiger partial charge < -0.3 is 15.3 Å². The summed E-state index contributed by atoms with van der Waals surface area (Å²) in [4.78, 5) is 19.5. The summed E-state index contributed by atoms with van der Waals surface area (Å²) in [5, 5.41) is 12.3. The van der Waals surface area contributed by atoms with Gasteiger partial charge in [0.25, 0.3) is 0 Å². The summed E-state index contributed by atoms with van der Waals surface area (Å²) in [5.74, 6) is 0.922. The molecule has 0 saturated carbocycles. The van der Waals surface area contributed by atoms with E-state index >= 15 is 0 Å². The third-order valence-corrected chi connectivity index (χ3v) is 5.73. The van der Waals surface area contributed by atoms with Gasteiger partial charge in [0.15, 0.2) is 0 Å². The fourth-order valence-electron chi connectivity index (χ4n) is 4.25. The molecule has 0 aromatic carbocycles. The van der Waals surface area contributed by atoms with Gasteiger partial charge in [0, 0.05) is 31.2 Å². The van der Waals surface area contributed by atoms with Crippen molar-refractivity contribution in [1.82, 2.24) is 14.8 Å². The number of hydrogen-bond donors (Lipinski definition) is 2. The molecule has 6 nitrogen and oxygen atoms in total. The van der Waals surface area contributed by atoms with Gasteiger partial charge in [-0.3, -0.25) is 14.7 Å². The molecule has 1 aromatic rings. The molecule has 3 heterocycles. The number of pyridine rings is 1. The lowest BCUT2D eigenvalue weighted by atomic mass is 9.79. The van der Waals surface area contributed by atoms with Crippen molar-refractivity contribution in [2.75, 3.05) is 51.1 Å². The Morgan fingerprint density at radius 3 is 2.16 bits per heavy atom. The number of carboxylic acid groups (broad SMARTS) is 1. The highest BCUT2D eigenvalue weighted by molar-refractivity contribution is 5.69. The van der Waals surface area contributed by atoms with E-state index in [2.05, 4.69) is 20.1 Å². The van der Waals surface area contributed by atoms with E-state index in [0.717, 1.165) is 43.7 Å². The van der Waals surface area contributed by atoms with Crippen LogP contribution in [0.15, 0.2) is 24.5 Å². The fourth-order valence-corrected chi connectivity index (χ4v) is 4.25. The Morgan fingerprint density at radius 2 is 1.60 bits per heavy atom. The molecule has 0 radical (unpaired) electrons. The first kappa shape index (κ1) is 18.1. The van der Waals surface area contributed by atoms with Crippen LogP contribution in [0, 0.1) is 11.8 Å². The van der Waals surface area contributed by atoms with Gasteiger partial charge in [-0.25, -0.2) is 0 Å². The van der Waals surface area contributed by atoms with Crippen molar-refractivity contribution in [3.05, 3.63) is 24.5 Å². The first-order valence-electron chi connectivity index (χ1n) is 9.51. The normalized spacial score (nSPS) is 21.3. The summed E-state index contributed by atoms with van der Waals surface area (Å²) in [5.41, 5.74) is 1.14. The van der Waals surface area contributed by atoms with Crippen LogP contribution in [0.2, 0.25) is 0 Å². The summed E-state index contributed by atoms with van der Waals surface area (Å²) in [6.07, 6.45) is 8.55. The summed E-state index contributed by atoms with van der Waals surface area (Å²) in [6.45, 7) is 6.56. The van der Waals surface area contributed by atoms with Crippen LogP contribution in [0.4, 0.5) is 5.69 Å². The first-order valence-corrected chi connectivity index (χ1v) is 9.51. The zero-order valence-electron chi connectivity index (χ0n) is 14.9. The molecule has 0 spiro atoms. The number of carboxylic acids is 1. The summed E-state index contributed by atoms with van der Waals surface area (Å²) < 4.78 is 0. The van der Waals surface area contributed by atoms with E-state index in [0.29, 0.717) is 0 Å². The molecular formula is C19H30N4O2. The fraction of sp³-hybridized carbons (Fsp3) is 0.684. The van der Waals surface area contributed by atoms with Gasteiger partial charge in [-0.05, 0) is 75.8 Å². The molecule has 0 unspecified atom stereocenters. The lowest BCUT2D eigenvalue weighted by molar-refractivity contribution is -0.138. The number of aliphatic carboxylic acids is 1. The van der Waals surface area contributed by atoms with Gasteiger partial charge in [-0.2, -0.15) is 0 Å². The number of piperidine rings is 2. The van der Waals surface area contributed by atoms with E-state index < -0.39 is 5.97 Å². The maximum Gasteiger partial charge on any atom is 0.317 e. The Morgan fingerprint density at radius 1 is 1.04 bits per heavy atom. The smallest absolute Gasteiger partial charge is 0.317 e. The molecule has 2 aliphatic heterocycles. The van der Waals surface area contributed by atoms with Crippen molar-refractivity contribution < 1.29 is 9.90 Å². The van der Waals surface area contributed by atoms with Crippen LogP contribution in [0.1, 0.15) is 25.7 Å². The lowest BCUT2D eigenvalue weighted by Crippen LogP contribution is -2.42. The Kier molecular flexibility index (Phi) is 6.64. The van der Waals surface area contributed by atoms with Gasteiger partial charge in [0.2, 0.25) is 0 Å². The van der Waals surface area contributed by atoms with E-state index in [4.69, 9.17) is 5.11 Å². The zero-order valence-corrected chi connectivity index (χ0v) is 14.9. The number of aromatic nitrogens is 1. The number of nitrogens with one attached hydrogen (secondary N) is 1. The monoisotopic (exact) mass is 346 g/mol. The number of rotatable bonds is 7. The minimum atomic E-state index is -0.702. The third kappa shape index (κ3) is 5.68. The number of carbonyl (C=O) groups is 1. The second-order valence-electron chi connectivity index (χ2n) is 7.35. The predicted molar refractivity (Wildman–Crippen MR) is 98.7 cm³/mol. The first-order chi connectivity index (χ1) is 12.2. The van der Waals surface area contributed by atoms with Crippen LogP contribution in [-0.2, 0) is 4.79 Å². The highest BCUT2D eigenvalue weighted by Crippen LogP contribution is 2.32. The minimum Gasteiger partial charge on any atom is -0.480 e. The highest BCUT2D eigenvalue weighted by atomic mass is 16.4. The Balaban J connectivity index is 1.32. The standard InChI is InChI=1S/C19H30N4O2/c24-19(25)15-23-12-5-17(6-13-23)16-3-10-22(11-4-16)14-9-21-18-1-7-20-8-2-18/h1-2,7-8,16-17H,3-6,9-15H2,(H,20,21)(H,24,25). The van der Waals surface area contributed by atoms with Gasteiger partial charge in [0.1, 0.15) is 0 Å². The number of hydrogen-bond acceptors (Lipinski definition) is 5. The summed E-state index contributed by atoms with van der Waals surface area (Å²) in [7, 11) is 0. The van der Waals surface area contributed by atoms with E-state index in [1.165, 1.54) is 38.8 Å². The molecule has 6 heteroatoms. The number of nitrogens with zero attached hydrogens (tertiary/aromatic N) is 3. The molecule has 0 amide bonds. The quantitative estimate of drug-likeness (QED) is 0.787. The zero-order chi connectivity index (χ0) is 17.5. The van der Waals surface area contributed by atoms with E-state index in [1.807, 2.05) is 24.5 Å². The molecule has 2 aliphatic rings. The Labute approximate surface area is 150 Å².